The zero-order valence-electron chi connectivity index (χ0n) is 14.3. The lowest BCUT2D eigenvalue weighted by atomic mass is 10.2. The second-order valence-electron chi connectivity index (χ2n) is 6.36. The van der Waals surface area contributed by atoms with E-state index in [-0.39, 0.29) is 11.9 Å². The molecule has 7 heteroatoms. The Morgan fingerprint density at radius 1 is 1.27 bits per heavy atom. The highest BCUT2D eigenvalue weighted by molar-refractivity contribution is 5.78. The van der Waals surface area contributed by atoms with Crippen molar-refractivity contribution >= 4 is 11.9 Å². The standard InChI is InChI=1S/C19H20N6O/c26-18(11-14-3-1-7-20-12-14)23-15-6-10-25(13-15)19-22-9-5-17(24-19)16-4-2-8-21-16/h1-5,7-9,12,15,21H,6,10-11,13H2,(H,23,26). The summed E-state index contributed by atoms with van der Waals surface area (Å²) in [6.07, 6.45) is 8.31. The number of hydrogen-bond acceptors (Lipinski definition) is 5. The number of carbonyl (C=O) groups is 1. The summed E-state index contributed by atoms with van der Waals surface area (Å²) < 4.78 is 0. The summed E-state index contributed by atoms with van der Waals surface area (Å²) in [7, 11) is 0. The van der Waals surface area contributed by atoms with Crippen molar-refractivity contribution in [3.8, 4) is 11.4 Å². The Labute approximate surface area is 151 Å². The molecule has 1 amide bonds. The SMILES string of the molecule is O=C(Cc1cccnc1)NC1CCN(c2nccc(-c3ccc[nH]3)n2)C1. The van der Waals surface area contributed by atoms with Crippen molar-refractivity contribution in [1.29, 1.82) is 0 Å². The quantitative estimate of drug-likeness (QED) is 0.734. The molecule has 0 saturated carbocycles. The topological polar surface area (TPSA) is 86.8 Å². The summed E-state index contributed by atoms with van der Waals surface area (Å²) in [5, 5.41) is 3.10. The van der Waals surface area contributed by atoms with Crippen molar-refractivity contribution in [2.45, 2.75) is 18.9 Å². The first-order valence-corrected chi connectivity index (χ1v) is 8.68. The van der Waals surface area contributed by atoms with Crippen molar-refractivity contribution in [1.82, 2.24) is 25.3 Å². The van der Waals surface area contributed by atoms with Gasteiger partial charge in [0.15, 0.2) is 0 Å². The highest BCUT2D eigenvalue weighted by Gasteiger charge is 2.25. The van der Waals surface area contributed by atoms with Crippen molar-refractivity contribution in [3.63, 3.8) is 0 Å². The van der Waals surface area contributed by atoms with Gasteiger partial charge >= 0.3 is 0 Å². The number of anilines is 1. The van der Waals surface area contributed by atoms with E-state index < -0.39 is 0 Å². The van der Waals surface area contributed by atoms with Crippen molar-refractivity contribution in [3.05, 3.63) is 60.7 Å². The summed E-state index contributed by atoms with van der Waals surface area (Å²) in [5.41, 5.74) is 2.75. The van der Waals surface area contributed by atoms with Crippen LogP contribution in [0.25, 0.3) is 11.4 Å². The zero-order valence-corrected chi connectivity index (χ0v) is 14.3. The molecule has 1 atom stereocenters. The Morgan fingerprint density at radius 3 is 3.04 bits per heavy atom. The molecule has 3 aromatic heterocycles. The molecule has 0 aliphatic carbocycles. The molecule has 0 spiro atoms. The molecule has 1 saturated heterocycles. The van der Waals surface area contributed by atoms with E-state index in [4.69, 9.17) is 0 Å². The number of H-pyrrole nitrogens is 1. The van der Waals surface area contributed by atoms with Crippen LogP contribution in [0.4, 0.5) is 5.95 Å². The van der Waals surface area contributed by atoms with Gasteiger partial charge in [-0.2, -0.15) is 0 Å². The van der Waals surface area contributed by atoms with Gasteiger partial charge < -0.3 is 15.2 Å². The molecule has 1 fully saturated rings. The van der Waals surface area contributed by atoms with Crippen LogP contribution in [-0.2, 0) is 11.2 Å². The Balaban J connectivity index is 1.36. The highest BCUT2D eigenvalue weighted by Crippen LogP contribution is 2.20. The van der Waals surface area contributed by atoms with E-state index in [1.165, 1.54) is 0 Å². The van der Waals surface area contributed by atoms with Gasteiger partial charge in [0.25, 0.3) is 0 Å². The molecule has 0 bridgehead atoms. The predicted octanol–water partition coefficient (Wildman–Crippen LogP) is 1.80. The van der Waals surface area contributed by atoms with Gasteiger partial charge in [-0.05, 0) is 36.2 Å². The van der Waals surface area contributed by atoms with Crippen LogP contribution in [0.2, 0.25) is 0 Å². The lowest BCUT2D eigenvalue weighted by molar-refractivity contribution is -0.121. The maximum Gasteiger partial charge on any atom is 0.225 e. The third-order valence-electron chi connectivity index (χ3n) is 4.44. The lowest BCUT2D eigenvalue weighted by Gasteiger charge is -2.17. The number of nitrogens with one attached hydrogen (secondary N) is 2. The van der Waals surface area contributed by atoms with Crippen LogP contribution in [0.3, 0.4) is 0 Å². The van der Waals surface area contributed by atoms with Crippen LogP contribution in [0.5, 0.6) is 0 Å². The number of rotatable bonds is 5. The molecule has 0 aromatic carbocycles. The summed E-state index contributed by atoms with van der Waals surface area (Å²) in [5.74, 6) is 0.715. The normalized spacial score (nSPS) is 16.6. The molecule has 4 rings (SSSR count). The van der Waals surface area contributed by atoms with E-state index in [2.05, 4.69) is 30.2 Å². The molecule has 26 heavy (non-hydrogen) atoms. The van der Waals surface area contributed by atoms with Crippen molar-refractivity contribution < 1.29 is 4.79 Å². The highest BCUT2D eigenvalue weighted by atomic mass is 16.1. The molecular weight excluding hydrogens is 328 g/mol. The van der Waals surface area contributed by atoms with Gasteiger partial charge in [0.1, 0.15) is 0 Å². The van der Waals surface area contributed by atoms with Gasteiger partial charge in [0.2, 0.25) is 11.9 Å². The van der Waals surface area contributed by atoms with Crippen LogP contribution >= 0.6 is 0 Å². The summed E-state index contributed by atoms with van der Waals surface area (Å²) in [6.45, 7) is 1.54. The van der Waals surface area contributed by atoms with Gasteiger partial charge in [-0.1, -0.05) is 6.07 Å². The Hall–Kier alpha value is -3.22. The van der Waals surface area contributed by atoms with E-state index >= 15 is 0 Å². The summed E-state index contributed by atoms with van der Waals surface area (Å²) in [6, 6.07) is 9.68. The number of pyridine rings is 1. The minimum Gasteiger partial charge on any atom is -0.360 e. The van der Waals surface area contributed by atoms with Gasteiger partial charge in [-0.25, -0.2) is 9.97 Å². The van der Waals surface area contributed by atoms with Crippen LogP contribution in [0.15, 0.2) is 55.1 Å². The maximum atomic E-state index is 12.2. The summed E-state index contributed by atoms with van der Waals surface area (Å²) >= 11 is 0. The Kier molecular flexibility index (Phi) is 4.59. The first kappa shape index (κ1) is 16.3. The molecule has 0 radical (unpaired) electrons. The number of hydrogen-bond donors (Lipinski definition) is 2. The maximum absolute atomic E-state index is 12.2. The van der Waals surface area contributed by atoms with Gasteiger partial charge in [-0.3, -0.25) is 9.78 Å². The number of aromatic amines is 1. The van der Waals surface area contributed by atoms with Crippen LogP contribution in [0, 0.1) is 0 Å². The second kappa shape index (κ2) is 7.35. The van der Waals surface area contributed by atoms with Gasteiger partial charge in [0.05, 0.1) is 17.8 Å². The molecule has 7 nitrogen and oxygen atoms in total. The lowest BCUT2D eigenvalue weighted by Crippen LogP contribution is -2.38. The third-order valence-corrected chi connectivity index (χ3v) is 4.44. The molecule has 1 aliphatic rings. The number of nitrogens with zero attached hydrogens (tertiary/aromatic N) is 4. The molecular formula is C19H20N6O. The van der Waals surface area contributed by atoms with Crippen LogP contribution in [-0.4, -0.2) is 45.0 Å². The summed E-state index contributed by atoms with van der Waals surface area (Å²) in [4.78, 5) is 30.6. The minimum atomic E-state index is 0.0194. The van der Waals surface area contributed by atoms with E-state index in [0.717, 1.165) is 29.9 Å². The first-order chi connectivity index (χ1) is 12.8. The van der Waals surface area contributed by atoms with Crippen molar-refractivity contribution in [2.75, 3.05) is 18.0 Å². The number of amides is 1. The van der Waals surface area contributed by atoms with Gasteiger partial charge in [-0.15, -0.1) is 0 Å². The first-order valence-electron chi connectivity index (χ1n) is 8.68. The third kappa shape index (κ3) is 3.72. The van der Waals surface area contributed by atoms with E-state index in [0.29, 0.717) is 18.9 Å². The Morgan fingerprint density at radius 2 is 2.23 bits per heavy atom. The van der Waals surface area contributed by atoms with Crippen LogP contribution in [0.1, 0.15) is 12.0 Å². The molecule has 1 aliphatic heterocycles. The van der Waals surface area contributed by atoms with E-state index in [1.54, 1.807) is 18.6 Å². The van der Waals surface area contributed by atoms with E-state index in [1.807, 2.05) is 36.5 Å². The van der Waals surface area contributed by atoms with Crippen molar-refractivity contribution in [2.24, 2.45) is 0 Å². The molecule has 1 unspecified atom stereocenters. The number of carbonyl (C=O) groups excluding carboxylic acids is 1. The fourth-order valence-electron chi connectivity index (χ4n) is 3.17. The van der Waals surface area contributed by atoms with E-state index in [9.17, 15) is 4.79 Å². The molecule has 4 heterocycles. The number of aromatic nitrogens is 4. The fourth-order valence-corrected chi connectivity index (χ4v) is 3.17. The second-order valence-corrected chi connectivity index (χ2v) is 6.36. The average molecular weight is 348 g/mol. The Bertz CT molecular complexity index is 865. The fraction of sp³-hybridized carbons (Fsp3) is 0.263. The molecule has 132 valence electrons. The molecule has 2 N–H and O–H groups in total. The largest absolute Gasteiger partial charge is 0.360 e. The van der Waals surface area contributed by atoms with Gasteiger partial charge in [0, 0.05) is 43.9 Å². The smallest absolute Gasteiger partial charge is 0.225 e. The van der Waals surface area contributed by atoms with Crippen LogP contribution < -0.4 is 10.2 Å². The average Bonchev–Trinajstić information content (AvgIpc) is 3.35. The minimum absolute atomic E-state index is 0.0194. The monoisotopic (exact) mass is 348 g/mol. The zero-order chi connectivity index (χ0) is 17.8. The molecule has 3 aromatic rings. The predicted molar refractivity (Wildman–Crippen MR) is 98.5 cm³/mol.